The summed E-state index contributed by atoms with van der Waals surface area (Å²) < 4.78 is 0. The molecular weight excluding hydrogens is 240 g/mol. The quantitative estimate of drug-likeness (QED) is 0.374. The summed E-state index contributed by atoms with van der Waals surface area (Å²) in [5, 5.41) is 9.37. The van der Waals surface area contributed by atoms with Gasteiger partial charge in [0.1, 0.15) is 6.11 Å². The molecule has 0 bridgehead atoms. The standard InChI is InChI=1S/C12H21BrO/c13-11-9-7-5-3-1-2-4-6-8-10-12-14/h14H,1-9,11H2. The lowest BCUT2D eigenvalue weighted by molar-refractivity contribution is 0.515. The highest BCUT2D eigenvalue weighted by molar-refractivity contribution is 9.09. The van der Waals surface area contributed by atoms with Gasteiger partial charge < -0.3 is 5.11 Å². The van der Waals surface area contributed by atoms with Crippen molar-refractivity contribution in [2.24, 2.45) is 0 Å². The van der Waals surface area contributed by atoms with E-state index in [0.717, 1.165) is 18.2 Å². The summed E-state index contributed by atoms with van der Waals surface area (Å²) in [5.74, 6) is 2.67. The number of aliphatic hydroxyl groups excluding tert-OH is 1. The van der Waals surface area contributed by atoms with Crippen LogP contribution in [0.15, 0.2) is 0 Å². The summed E-state index contributed by atoms with van der Waals surface area (Å²) in [4.78, 5) is 0. The molecule has 0 atom stereocenters. The van der Waals surface area contributed by atoms with Crippen molar-refractivity contribution < 1.29 is 5.11 Å². The Bertz CT molecular complexity index is 157. The Hall–Kier alpha value is -0.160. The SMILES string of the molecule is OC#CCCCCCCCCCCBr. The topological polar surface area (TPSA) is 20.2 Å². The maximum Gasteiger partial charge on any atom is 0.107 e. The van der Waals surface area contributed by atoms with Crippen LogP contribution in [0.1, 0.15) is 57.8 Å². The number of alkyl halides is 1. The molecule has 0 saturated carbocycles. The number of rotatable bonds is 9. The van der Waals surface area contributed by atoms with Gasteiger partial charge in [0.2, 0.25) is 0 Å². The van der Waals surface area contributed by atoms with E-state index >= 15 is 0 Å². The van der Waals surface area contributed by atoms with Crippen LogP contribution < -0.4 is 0 Å². The van der Waals surface area contributed by atoms with Gasteiger partial charge in [-0.2, -0.15) is 0 Å². The second kappa shape index (κ2) is 12.8. The van der Waals surface area contributed by atoms with Crippen LogP contribution in [-0.2, 0) is 0 Å². The summed E-state index contributed by atoms with van der Waals surface area (Å²) in [6, 6.07) is 0. The van der Waals surface area contributed by atoms with Gasteiger partial charge in [0.25, 0.3) is 0 Å². The average molecular weight is 261 g/mol. The molecule has 0 amide bonds. The molecule has 0 unspecified atom stereocenters. The van der Waals surface area contributed by atoms with Crippen LogP contribution in [0.3, 0.4) is 0 Å². The van der Waals surface area contributed by atoms with E-state index < -0.39 is 0 Å². The first-order chi connectivity index (χ1) is 6.91. The third-order valence-corrected chi connectivity index (χ3v) is 2.83. The normalized spacial score (nSPS) is 9.50. The molecule has 0 aromatic carbocycles. The fraction of sp³-hybridized carbons (Fsp3) is 0.833. The van der Waals surface area contributed by atoms with Crippen molar-refractivity contribution in [3.8, 4) is 12.0 Å². The Labute approximate surface area is 96.4 Å². The van der Waals surface area contributed by atoms with Gasteiger partial charge in [0.05, 0.1) is 0 Å². The fourth-order valence-electron chi connectivity index (χ4n) is 1.42. The summed E-state index contributed by atoms with van der Waals surface area (Å²) in [6.45, 7) is 0. The number of hydrogen-bond donors (Lipinski definition) is 1. The predicted molar refractivity (Wildman–Crippen MR) is 65.1 cm³/mol. The van der Waals surface area contributed by atoms with E-state index in [4.69, 9.17) is 5.11 Å². The van der Waals surface area contributed by atoms with Crippen LogP contribution >= 0.6 is 15.9 Å². The van der Waals surface area contributed by atoms with Gasteiger partial charge in [-0.1, -0.05) is 60.4 Å². The molecule has 0 rings (SSSR count). The monoisotopic (exact) mass is 260 g/mol. The molecule has 0 aliphatic rings. The smallest absolute Gasteiger partial charge is 0.107 e. The number of hydrogen-bond acceptors (Lipinski definition) is 1. The maximum absolute atomic E-state index is 8.22. The summed E-state index contributed by atoms with van der Waals surface area (Å²) in [5.41, 5.74) is 0. The number of unbranched alkanes of at least 4 members (excludes halogenated alkanes) is 8. The van der Waals surface area contributed by atoms with E-state index in [1.165, 1.54) is 44.9 Å². The zero-order chi connectivity index (χ0) is 10.5. The summed E-state index contributed by atoms with van der Waals surface area (Å²) >= 11 is 3.43. The maximum atomic E-state index is 8.22. The number of halogens is 1. The first-order valence-electron chi connectivity index (χ1n) is 5.59. The van der Waals surface area contributed by atoms with Gasteiger partial charge in [-0.15, -0.1) is 0 Å². The largest absolute Gasteiger partial charge is 0.462 e. The van der Waals surface area contributed by atoms with Crippen molar-refractivity contribution in [1.82, 2.24) is 0 Å². The molecular formula is C12H21BrO. The lowest BCUT2D eigenvalue weighted by atomic mass is 10.1. The van der Waals surface area contributed by atoms with Gasteiger partial charge in [-0.25, -0.2) is 0 Å². The third kappa shape index (κ3) is 11.8. The molecule has 0 aliphatic carbocycles. The van der Waals surface area contributed by atoms with Gasteiger partial charge >= 0.3 is 0 Å². The Kier molecular flexibility index (Phi) is 12.7. The van der Waals surface area contributed by atoms with Crippen molar-refractivity contribution in [3.05, 3.63) is 0 Å². The van der Waals surface area contributed by atoms with Gasteiger partial charge in [-0.3, -0.25) is 0 Å². The van der Waals surface area contributed by atoms with Crippen molar-refractivity contribution in [3.63, 3.8) is 0 Å². The first-order valence-corrected chi connectivity index (χ1v) is 6.72. The van der Waals surface area contributed by atoms with Crippen LogP contribution in [0.5, 0.6) is 0 Å². The molecule has 1 N–H and O–H groups in total. The van der Waals surface area contributed by atoms with E-state index in [1.54, 1.807) is 0 Å². The molecule has 0 radical (unpaired) electrons. The molecule has 2 heteroatoms. The molecule has 0 heterocycles. The highest BCUT2D eigenvalue weighted by Crippen LogP contribution is 2.09. The highest BCUT2D eigenvalue weighted by atomic mass is 79.9. The van der Waals surface area contributed by atoms with Crippen molar-refractivity contribution in [2.75, 3.05) is 5.33 Å². The minimum Gasteiger partial charge on any atom is -0.462 e. The Morgan fingerprint density at radius 1 is 0.786 bits per heavy atom. The lowest BCUT2D eigenvalue weighted by Gasteiger charge is -1.99. The number of aliphatic hydroxyl groups is 1. The van der Waals surface area contributed by atoms with Gasteiger partial charge in [0.15, 0.2) is 0 Å². The zero-order valence-corrected chi connectivity index (χ0v) is 10.5. The summed E-state index contributed by atoms with van der Waals surface area (Å²) in [7, 11) is 0. The third-order valence-electron chi connectivity index (χ3n) is 2.26. The van der Waals surface area contributed by atoms with E-state index in [-0.39, 0.29) is 0 Å². The average Bonchev–Trinajstić information content (AvgIpc) is 2.21. The molecule has 0 saturated heterocycles. The molecule has 0 aliphatic heterocycles. The minimum absolute atomic E-state index is 0.847. The Balaban J connectivity index is 2.87. The van der Waals surface area contributed by atoms with Gasteiger partial charge in [-0.05, 0) is 12.8 Å². The molecule has 0 aromatic rings. The van der Waals surface area contributed by atoms with E-state index in [0.29, 0.717) is 0 Å². The highest BCUT2D eigenvalue weighted by Gasteiger charge is 1.91. The second-order valence-electron chi connectivity index (χ2n) is 3.56. The van der Waals surface area contributed by atoms with Crippen LogP contribution in [0.25, 0.3) is 0 Å². The minimum atomic E-state index is 0.847. The molecule has 0 aromatic heterocycles. The Morgan fingerprint density at radius 3 is 1.79 bits per heavy atom. The molecule has 0 fully saturated rings. The molecule has 0 spiro atoms. The van der Waals surface area contributed by atoms with Crippen molar-refractivity contribution in [1.29, 1.82) is 0 Å². The lowest BCUT2D eigenvalue weighted by Crippen LogP contribution is -1.81. The van der Waals surface area contributed by atoms with Crippen molar-refractivity contribution >= 4 is 15.9 Å². The van der Waals surface area contributed by atoms with Crippen molar-refractivity contribution in [2.45, 2.75) is 57.8 Å². The first kappa shape index (κ1) is 13.8. The van der Waals surface area contributed by atoms with Crippen LogP contribution in [0.4, 0.5) is 0 Å². The van der Waals surface area contributed by atoms with Crippen LogP contribution in [0.2, 0.25) is 0 Å². The van der Waals surface area contributed by atoms with E-state index in [9.17, 15) is 0 Å². The predicted octanol–water partition coefficient (Wildman–Crippen LogP) is 4.23. The second-order valence-corrected chi connectivity index (χ2v) is 4.35. The van der Waals surface area contributed by atoms with Gasteiger partial charge in [0, 0.05) is 11.8 Å². The van der Waals surface area contributed by atoms with E-state index in [2.05, 4.69) is 21.9 Å². The van der Waals surface area contributed by atoms with E-state index in [1.807, 2.05) is 6.11 Å². The Morgan fingerprint density at radius 2 is 1.29 bits per heavy atom. The molecule has 82 valence electrons. The molecule has 14 heavy (non-hydrogen) atoms. The van der Waals surface area contributed by atoms with Crippen LogP contribution in [-0.4, -0.2) is 10.4 Å². The zero-order valence-electron chi connectivity index (χ0n) is 8.90. The molecule has 1 nitrogen and oxygen atoms in total. The fourth-order valence-corrected chi connectivity index (χ4v) is 1.82. The van der Waals surface area contributed by atoms with Crippen LogP contribution in [0, 0.1) is 12.0 Å². The summed E-state index contributed by atoms with van der Waals surface area (Å²) in [6.07, 6.45) is 13.3.